The zero-order valence-corrected chi connectivity index (χ0v) is 22.8. The molecular formula is C30H48O5. The van der Waals surface area contributed by atoms with E-state index >= 15 is 0 Å². The zero-order valence-electron chi connectivity index (χ0n) is 22.8. The fourth-order valence-electron chi connectivity index (χ4n) is 10.8. The highest BCUT2D eigenvalue weighted by Crippen LogP contribution is 2.76. The summed E-state index contributed by atoms with van der Waals surface area (Å²) in [7, 11) is 0. The van der Waals surface area contributed by atoms with E-state index in [1.807, 2.05) is 0 Å². The molecule has 0 spiro atoms. The van der Waals surface area contributed by atoms with Crippen LogP contribution in [0.2, 0.25) is 0 Å². The predicted octanol–water partition coefficient (Wildman–Crippen LogP) is 6.40. The maximum absolute atomic E-state index is 12.3. The van der Waals surface area contributed by atoms with Gasteiger partial charge < -0.3 is 15.3 Å². The molecule has 0 saturated heterocycles. The first-order valence-corrected chi connectivity index (χ1v) is 13.8. The lowest BCUT2D eigenvalue weighted by Gasteiger charge is -2.71. The normalized spacial score (nSPS) is 47.3. The minimum Gasteiger partial charge on any atom is -0.481 e. The maximum Gasteiger partial charge on any atom is 0.309 e. The number of aliphatic hydroxyl groups excluding tert-OH is 1. The average Bonchev–Trinajstić information content (AvgIpc) is 3.10. The number of fused-ring (bicyclic) bond motifs is 5. The van der Waals surface area contributed by atoms with Gasteiger partial charge in [-0.3, -0.25) is 9.59 Å². The van der Waals surface area contributed by atoms with E-state index in [2.05, 4.69) is 34.3 Å². The van der Waals surface area contributed by atoms with Crippen LogP contribution in [0.25, 0.3) is 0 Å². The molecule has 198 valence electrons. The van der Waals surface area contributed by atoms with Gasteiger partial charge in [-0.1, -0.05) is 34.3 Å². The minimum absolute atomic E-state index is 0.0282. The van der Waals surface area contributed by atoms with Gasteiger partial charge in [-0.05, 0) is 122 Å². The van der Waals surface area contributed by atoms with E-state index in [9.17, 15) is 24.9 Å². The molecule has 0 heterocycles. The SMILES string of the molecule is C=C(CO)[C@@H]1CC[C@]2(C)CC[C@]3(C)[C@H](CC[C@H]4[C@@](C)(CC(=O)O)[C@H](C(C)(C)C(=O)O)CC[C@]43C)[C@H]12. The summed E-state index contributed by atoms with van der Waals surface area (Å²) in [6.45, 7) is 17.4. The summed E-state index contributed by atoms with van der Waals surface area (Å²) in [5, 5.41) is 30.1. The third-order valence-electron chi connectivity index (χ3n) is 12.8. The minimum atomic E-state index is -0.968. The lowest BCUT2D eigenvalue weighted by molar-refractivity contribution is -0.230. The Morgan fingerprint density at radius 3 is 2.14 bits per heavy atom. The highest BCUT2D eigenvalue weighted by Gasteiger charge is 2.70. The van der Waals surface area contributed by atoms with Gasteiger partial charge in [0.1, 0.15) is 0 Å². The molecular weight excluding hydrogens is 440 g/mol. The Balaban J connectivity index is 1.78. The summed E-state index contributed by atoms with van der Waals surface area (Å²) in [5.41, 5.74) is -0.249. The van der Waals surface area contributed by atoms with Gasteiger partial charge in [-0.2, -0.15) is 0 Å². The lowest BCUT2D eigenvalue weighted by atomic mass is 9.33. The number of rotatable bonds is 6. The first kappa shape index (κ1) is 26.7. The molecule has 0 radical (unpaired) electrons. The number of hydrogen-bond acceptors (Lipinski definition) is 3. The van der Waals surface area contributed by atoms with Crippen molar-refractivity contribution < 1.29 is 24.9 Å². The van der Waals surface area contributed by atoms with Crippen LogP contribution in [-0.2, 0) is 9.59 Å². The summed E-state index contributed by atoms with van der Waals surface area (Å²) >= 11 is 0. The third kappa shape index (κ3) is 3.57. The Kier molecular flexibility index (Phi) is 6.35. The molecule has 9 atom stereocenters. The highest BCUT2D eigenvalue weighted by atomic mass is 16.4. The van der Waals surface area contributed by atoms with Crippen LogP contribution in [0.1, 0.15) is 99.3 Å². The number of hydrogen-bond donors (Lipinski definition) is 3. The van der Waals surface area contributed by atoms with Gasteiger partial charge in [-0.25, -0.2) is 0 Å². The molecule has 4 aliphatic rings. The van der Waals surface area contributed by atoms with Crippen LogP contribution in [0.5, 0.6) is 0 Å². The molecule has 5 heteroatoms. The number of carboxylic acids is 2. The molecule has 4 aliphatic carbocycles. The molecule has 0 bridgehead atoms. The van der Waals surface area contributed by atoms with Crippen LogP contribution in [0.15, 0.2) is 12.2 Å². The van der Waals surface area contributed by atoms with Crippen molar-refractivity contribution in [1.29, 1.82) is 0 Å². The summed E-state index contributed by atoms with van der Waals surface area (Å²) in [6, 6.07) is 0. The standard InChI is InChI=1S/C30H48O5/c1-18(17-31)19-10-12-27(4)14-15-29(6)20(24(19)27)8-9-22-28(5,16-23(32)33)21(11-13-30(22,29)7)26(2,3)25(34)35/h19-22,24,31H,1,8-17H2,2-7H3,(H,32,33)(H,34,35)/t19-,20+,21-,22-,24-,27+,28-,29+,30+/m0/s1. The highest BCUT2D eigenvalue weighted by molar-refractivity contribution is 5.75. The molecule has 35 heavy (non-hydrogen) atoms. The second-order valence-corrected chi connectivity index (χ2v) is 14.4. The van der Waals surface area contributed by atoms with E-state index in [-0.39, 0.29) is 41.1 Å². The van der Waals surface area contributed by atoms with Gasteiger partial charge in [0.05, 0.1) is 18.4 Å². The van der Waals surface area contributed by atoms with Crippen molar-refractivity contribution in [3.8, 4) is 0 Å². The Bertz CT molecular complexity index is 908. The van der Waals surface area contributed by atoms with Gasteiger partial charge in [0.15, 0.2) is 0 Å². The van der Waals surface area contributed by atoms with Crippen LogP contribution in [0.3, 0.4) is 0 Å². The number of carbonyl (C=O) groups is 2. The Hall–Kier alpha value is -1.36. The summed E-state index contributed by atoms with van der Waals surface area (Å²) in [5.74, 6) is -0.246. The Morgan fingerprint density at radius 1 is 0.914 bits per heavy atom. The Morgan fingerprint density at radius 2 is 1.57 bits per heavy atom. The van der Waals surface area contributed by atoms with E-state index in [1.165, 1.54) is 12.8 Å². The van der Waals surface area contributed by atoms with Crippen LogP contribution >= 0.6 is 0 Å². The largest absolute Gasteiger partial charge is 0.481 e. The third-order valence-corrected chi connectivity index (χ3v) is 12.8. The van der Waals surface area contributed by atoms with Gasteiger partial charge in [0.2, 0.25) is 0 Å². The molecule has 4 rings (SSSR count). The second-order valence-electron chi connectivity index (χ2n) is 14.4. The lowest BCUT2D eigenvalue weighted by Crippen LogP contribution is -2.65. The molecule has 4 saturated carbocycles. The van der Waals surface area contributed by atoms with Crippen LogP contribution in [0.4, 0.5) is 0 Å². The molecule has 0 aliphatic heterocycles. The van der Waals surface area contributed by atoms with Crippen molar-refractivity contribution >= 4 is 11.9 Å². The zero-order chi connectivity index (χ0) is 26.2. The number of aliphatic hydroxyl groups is 1. The van der Waals surface area contributed by atoms with E-state index in [4.69, 9.17) is 0 Å². The van der Waals surface area contributed by atoms with Crippen LogP contribution < -0.4 is 0 Å². The summed E-state index contributed by atoms with van der Waals surface area (Å²) < 4.78 is 0. The number of carboxylic acid groups (broad SMARTS) is 2. The van der Waals surface area contributed by atoms with Crippen molar-refractivity contribution in [2.75, 3.05) is 6.61 Å². The van der Waals surface area contributed by atoms with E-state index in [0.717, 1.165) is 44.1 Å². The molecule has 5 nitrogen and oxygen atoms in total. The van der Waals surface area contributed by atoms with Crippen molar-refractivity contribution in [3.63, 3.8) is 0 Å². The monoisotopic (exact) mass is 488 g/mol. The van der Waals surface area contributed by atoms with E-state index in [0.29, 0.717) is 17.8 Å². The quantitative estimate of drug-likeness (QED) is 0.376. The molecule has 0 aromatic carbocycles. The Labute approximate surface area is 211 Å². The van der Waals surface area contributed by atoms with Gasteiger partial charge in [0.25, 0.3) is 0 Å². The van der Waals surface area contributed by atoms with Gasteiger partial charge >= 0.3 is 11.9 Å². The summed E-state index contributed by atoms with van der Waals surface area (Å²) in [4.78, 5) is 24.6. The molecule has 0 aromatic heterocycles. The molecule has 0 unspecified atom stereocenters. The predicted molar refractivity (Wildman–Crippen MR) is 137 cm³/mol. The molecule has 0 aromatic rings. The fraction of sp³-hybridized carbons (Fsp3) is 0.867. The smallest absolute Gasteiger partial charge is 0.309 e. The van der Waals surface area contributed by atoms with Crippen LogP contribution in [0, 0.1) is 56.7 Å². The van der Waals surface area contributed by atoms with Gasteiger partial charge in [-0.15, -0.1) is 0 Å². The van der Waals surface area contributed by atoms with Crippen molar-refractivity contribution in [3.05, 3.63) is 12.2 Å². The average molecular weight is 489 g/mol. The first-order valence-electron chi connectivity index (χ1n) is 13.8. The van der Waals surface area contributed by atoms with E-state index < -0.39 is 22.8 Å². The molecule has 0 amide bonds. The van der Waals surface area contributed by atoms with Crippen molar-refractivity contribution in [2.24, 2.45) is 56.7 Å². The van der Waals surface area contributed by atoms with E-state index in [1.54, 1.807) is 13.8 Å². The second kappa shape index (κ2) is 8.33. The fourth-order valence-corrected chi connectivity index (χ4v) is 10.8. The van der Waals surface area contributed by atoms with Crippen molar-refractivity contribution in [1.82, 2.24) is 0 Å². The summed E-state index contributed by atoms with van der Waals surface area (Å²) in [6.07, 6.45) is 8.37. The number of aliphatic carboxylic acids is 2. The van der Waals surface area contributed by atoms with Gasteiger partial charge in [0, 0.05) is 0 Å². The van der Waals surface area contributed by atoms with Crippen molar-refractivity contribution in [2.45, 2.75) is 99.3 Å². The maximum atomic E-state index is 12.3. The topological polar surface area (TPSA) is 94.8 Å². The first-order chi connectivity index (χ1) is 16.1. The molecule has 4 fully saturated rings. The molecule has 3 N–H and O–H groups in total. The van der Waals surface area contributed by atoms with Crippen LogP contribution in [-0.4, -0.2) is 33.9 Å².